The minimum Gasteiger partial charge on any atom is -0.494 e. The normalized spacial score (nSPS) is 11.4. The molecule has 8 heteroatoms. The number of carbonyl (C=O) groups is 1. The van der Waals surface area contributed by atoms with Crippen molar-refractivity contribution < 1.29 is 17.9 Å². The molecule has 0 aliphatic heterocycles. The largest absolute Gasteiger partial charge is 0.494 e. The molecule has 0 heterocycles. The van der Waals surface area contributed by atoms with Crippen molar-refractivity contribution in [3.05, 3.63) is 89.5 Å². The van der Waals surface area contributed by atoms with E-state index in [1.165, 1.54) is 18.3 Å². The van der Waals surface area contributed by atoms with Gasteiger partial charge in [0.15, 0.2) is 0 Å². The van der Waals surface area contributed by atoms with Crippen LogP contribution in [0.2, 0.25) is 0 Å². The van der Waals surface area contributed by atoms with Gasteiger partial charge in [-0.15, -0.1) is 0 Å². The average molecular weight is 466 g/mol. The van der Waals surface area contributed by atoms with Crippen molar-refractivity contribution in [3.8, 4) is 5.75 Å². The van der Waals surface area contributed by atoms with E-state index >= 15 is 0 Å². The van der Waals surface area contributed by atoms with Crippen molar-refractivity contribution in [1.82, 2.24) is 5.43 Å². The Balaban J connectivity index is 1.84. The third kappa shape index (κ3) is 6.43. The molecule has 1 amide bonds. The highest BCUT2D eigenvalue weighted by Crippen LogP contribution is 2.26. The summed E-state index contributed by atoms with van der Waals surface area (Å²) in [6, 6.07) is 20.7. The number of anilines is 1. The topological polar surface area (TPSA) is 88.1 Å². The third-order valence-electron chi connectivity index (χ3n) is 4.78. The van der Waals surface area contributed by atoms with Gasteiger partial charge in [0, 0.05) is 0 Å². The molecule has 172 valence electrons. The van der Waals surface area contributed by atoms with E-state index in [1.54, 1.807) is 36.4 Å². The lowest BCUT2D eigenvalue weighted by molar-refractivity contribution is -0.119. The summed E-state index contributed by atoms with van der Waals surface area (Å²) >= 11 is 0. The van der Waals surface area contributed by atoms with Gasteiger partial charge in [0.05, 0.1) is 23.4 Å². The molecule has 0 unspecified atom stereocenters. The van der Waals surface area contributed by atoms with E-state index in [1.807, 2.05) is 45.0 Å². The van der Waals surface area contributed by atoms with E-state index in [9.17, 15) is 13.2 Å². The summed E-state index contributed by atoms with van der Waals surface area (Å²) in [5.74, 6) is 0.0459. The minimum atomic E-state index is -3.99. The molecule has 0 atom stereocenters. The number of benzene rings is 3. The zero-order chi connectivity index (χ0) is 23.8. The number of hydrazone groups is 1. The number of sulfonamides is 1. The van der Waals surface area contributed by atoms with E-state index < -0.39 is 22.5 Å². The Bertz CT molecular complexity index is 1220. The summed E-state index contributed by atoms with van der Waals surface area (Å²) < 4.78 is 33.3. The van der Waals surface area contributed by atoms with Crippen LogP contribution in [0.4, 0.5) is 5.69 Å². The van der Waals surface area contributed by atoms with Gasteiger partial charge in [-0.1, -0.05) is 47.5 Å². The zero-order valence-electron chi connectivity index (χ0n) is 18.9. The van der Waals surface area contributed by atoms with Crippen LogP contribution in [-0.2, 0) is 14.8 Å². The van der Waals surface area contributed by atoms with E-state index in [-0.39, 0.29) is 4.90 Å². The third-order valence-corrected chi connectivity index (χ3v) is 6.56. The molecule has 0 saturated heterocycles. The summed E-state index contributed by atoms with van der Waals surface area (Å²) in [5, 5.41) is 3.97. The van der Waals surface area contributed by atoms with E-state index in [0.717, 1.165) is 21.0 Å². The molecule has 1 N–H and O–H groups in total. The molecule has 0 aliphatic rings. The van der Waals surface area contributed by atoms with Crippen molar-refractivity contribution in [3.63, 3.8) is 0 Å². The maximum atomic E-state index is 13.4. The van der Waals surface area contributed by atoms with Crippen LogP contribution in [0.25, 0.3) is 0 Å². The van der Waals surface area contributed by atoms with Gasteiger partial charge >= 0.3 is 0 Å². The van der Waals surface area contributed by atoms with Gasteiger partial charge in [-0.05, 0) is 62.7 Å². The van der Waals surface area contributed by atoms with Crippen molar-refractivity contribution >= 4 is 27.8 Å². The Labute approximate surface area is 194 Å². The van der Waals surface area contributed by atoms with Crippen molar-refractivity contribution in [2.75, 3.05) is 17.5 Å². The van der Waals surface area contributed by atoms with E-state index in [0.29, 0.717) is 18.0 Å². The summed E-state index contributed by atoms with van der Waals surface area (Å²) in [5.41, 5.74) is 5.59. The molecule has 0 fully saturated rings. The number of aryl methyl sites for hydroxylation is 2. The van der Waals surface area contributed by atoms with Crippen molar-refractivity contribution in [1.29, 1.82) is 0 Å². The molecule has 0 bridgehead atoms. The highest BCUT2D eigenvalue weighted by atomic mass is 32.2. The lowest BCUT2D eigenvalue weighted by Crippen LogP contribution is -2.39. The van der Waals surface area contributed by atoms with Crippen LogP contribution in [0.3, 0.4) is 0 Å². The second-order valence-corrected chi connectivity index (χ2v) is 9.32. The molecule has 7 nitrogen and oxygen atoms in total. The fourth-order valence-electron chi connectivity index (χ4n) is 3.12. The summed E-state index contributed by atoms with van der Waals surface area (Å²) in [6.07, 6.45) is 1.51. The highest BCUT2D eigenvalue weighted by molar-refractivity contribution is 7.92. The lowest BCUT2D eigenvalue weighted by atomic mass is 10.2. The van der Waals surface area contributed by atoms with Gasteiger partial charge in [0.1, 0.15) is 12.3 Å². The second kappa shape index (κ2) is 10.8. The number of amides is 1. The first-order valence-electron chi connectivity index (χ1n) is 10.5. The molecule has 0 radical (unpaired) electrons. The number of carbonyl (C=O) groups excluding carboxylic acids is 1. The number of ether oxygens (including phenoxy) is 1. The number of nitrogens with one attached hydrogen (secondary N) is 1. The zero-order valence-corrected chi connectivity index (χ0v) is 19.7. The Morgan fingerprint density at radius 3 is 2.33 bits per heavy atom. The first-order chi connectivity index (χ1) is 15.8. The molecule has 0 aliphatic carbocycles. The standard InChI is InChI=1S/C25H27N3O4S/c1-4-32-23-12-10-22(11-13-23)28(33(30,31)24-14-8-19(2)9-15-24)18-25(29)27-26-17-21-7-5-6-20(3)16-21/h5-17H,4,18H2,1-3H3,(H,27,29)/b26-17+. The maximum absolute atomic E-state index is 13.4. The minimum absolute atomic E-state index is 0.0954. The Kier molecular flexibility index (Phi) is 7.84. The van der Waals surface area contributed by atoms with Gasteiger partial charge in [-0.25, -0.2) is 13.8 Å². The molecule has 33 heavy (non-hydrogen) atoms. The van der Waals surface area contributed by atoms with Crippen LogP contribution < -0.4 is 14.5 Å². The van der Waals surface area contributed by atoms with Gasteiger partial charge < -0.3 is 4.74 Å². The molecule has 3 aromatic carbocycles. The predicted octanol–water partition coefficient (Wildman–Crippen LogP) is 4.05. The fraction of sp³-hybridized carbons (Fsp3) is 0.200. The van der Waals surface area contributed by atoms with Crippen LogP contribution in [0, 0.1) is 13.8 Å². The molecule has 0 aromatic heterocycles. The van der Waals surface area contributed by atoms with Crippen LogP contribution in [0.15, 0.2) is 82.8 Å². The number of hydrogen-bond donors (Lipinski definition) is 1. The second-order valence-electron chi connectivity index (χ2n) is 7.46. The molecule has 0 spiro atoms. The monoisotopic (exact) mass is 465 g/mol. The van der Waals surface area contributed by atoms with E-state index in [2.05, 4.69) is 10.5 Å². The summed E-state index contributed by atoms with van der Waals surface area (Å²) in [7, 11) is -3.99. The quantitative estimate of drug-likeness (QED) is 0.381. The molecule has 3 aromatic rings. The molecule has 0 saturated carbocycles. The van der Waals surface area contributed by atoms with Gasteiger partial charge in [-0.3, -0.25) is 9.10 Å². The fourth-order valence-corrected chi connectivity index (χ4v) is 4.54. The van der Waals surface area contributed by atoms with Gasteiger partial charge in [0.2, 0.25) is 0 Å². The Morgan fingerprint density at radius 1 is 1.00 bits per heavy atom. The number of rotatable bonds is 9. The Morgan fingerprint density at radius 2 is 1.70 bits per heavy atom. The van der Waals surface area contributed by atoms with E-state index in [4.69, 9.17) is 4.74 Å². The first kappa shape index (κ1) is 24.0. The van der Waals surface area contributed by atoms with Gasteiger partial charge in [-0.2, -0.15) is 5.10 Å². The predicted molar refractivity (Wildman–Crippen MR) is 130 cm³/mol. The maximum Gasteiger partial charge on any atom is 0.264 e. The SMILES string of the molecule is CCOc1ccc(N(CC(=O)N/N=C/c2cccc(C)c2)S(=O)(=O)c2ccc(C)cc2)cc1. The molecular weight excluding hydrogens is 438 g/mol. The highest BCUT2D eigenvalue weighted by Gasteiger charge is 2.27. The van der Waals surface area contributed by atoms with Crippen LogP contribution >= 0.6 is 0 Å². The van der Waals surface area contributed by atoms with Crippen molar-refractivity contribution in [2.45, 2.75) is 25.7 Å². The van der Waals surface area contributed by atoms with Crippen LogP contribution in [-0.4, -0.2) is 33.7 Å². The average Bonchev–Trinajstić information content (AvgIpc) is 2.79. The summed E-state index contributed by atoms with van der Waals surface area (Å²) in [4.78, 5) is 12.7. The van der Waals surface area contributed by atoms with Crippen LogP contribution in [0.1, 0.15) is 23.6 Å². The first-order valence-corrected chi connectivity index (χ1v) is 11.9. The Hall–Kier alpha value is -3.65. The summed E-state index contributed by atoms with van der Waals surface area (Å²) in [6.45, 7) is 5.76. The van der Waals surface area contributed by atoms with Crippen molar-refractivity contribution in [2.24, 2.45) is 5.10 Å². The number of hydrogen-bond acceptors (Lipinski definition) is 5. The van der Waals surface area contributed by atoms with Gasteiger partial charge in [0.25, 0.3) is 15.9 Å². The molecular formula is C25H27N3O4S. The molecule has 3 rings (SSSR count). The van der Waals surface area contributed by atoms with Crippen LogP contribution in [0.5, 0.6) is 5.75 Å². The number of nitrogens with zero attached hydrogens (tertiary/aromatic N) is 2. The smallest absolute Gasteiger partial charge is 0.264 e. The lowest BCUT2D eigenvalue weighted by Gasteiger charge is -2.24.